The maximum absolute atomic E-state index is 13.4. The third-order valence-corrected chi connectivity index (χ3v) is 7.70. The van der Waals surface area contributed by atoms with Crippen molar-refractivity contribution in [2.75, 3.05) is 19.6 Å². The van der Waals surface area contributed by atoms with Gasteiger partial charge in [0.2, 0.25) is 5.91 Å². The van der Waals surface area contributed by atoms with Crippen LogP contribution in [-0.2, 0) is 15.1 Å². The van der Waals surface area contributed by atoms with Gasteiger partial charge in [0, 0.05) is 19.1 Å². The van der Waals surface area contributed by atoms with E-state index in [1.54, 1.807) is 16.4 Å². The molecule has 2 saturated heterocycles. The summed E-state index contributed by atoms with van der Waals surface area (Å²) in [5.41, 5.74) is 0.914. The summed E-state index contributed by atoms with van der Waals surface area (Å²) >= 11 is 0. The van der Waals surface area contributed by atoms with Crippen LogP contribution in [0.25, 0.3) is 21.8 Å². The van der Waals surface area contributed by atoms with E-state index in [1.807, 2.05) is 66.7 Å². The molecule has 3 aromatic carbocycles. The number of aromatic nitrogens is 2. The molecule has 0 spiro atoms. The van der Waals surface area contributed by atoms with Gasteiger partial charge in [-0.05, 0) is 54.3 Å². The Morgan fingerprint density at radius 2 is 1.65 bits per heavy atom. The molecule has 2 aliphatic rings. The summed E-state index contributed by atoms with van der Waals surface area (Å²) in [6.07, 6.45) is 1.23. The molecule has 2 aliphatic heterocycles. The number of nitrogens with zero attached hydrogens (tertiary/aromatic N) is 3. The summed E-state index contributed by atoms with van der Waals surface area (Å²) in [5, 5.41) is 4.80. The van der Waals surface area contributed by atoms with Crippen LogP contribution in [0.15, 0.2) is 71.5 Å². The molecule has 0 aliphatic carbocycles. The molecule has 2 fully saturated rings. The number of fused-ring (bicyclic) bond motifs is 2. The Labute approximate surface area is 212 Å². The molecule has 2 N–H and O–H groups in total. The van der Waals surface area contributed by atoms with Crippen LogP contribution in [0.3, 0.4) is 0 Å². The fourth-order valence-electron chi connectivity index (χ4n) is 5.58. The molecule has 0 saturated carbocycles. The number of aromatic amines is 1. The lowest BCUT2D eigenvalue weighted by molar-refractivity contribution is -0.139. The average Bonchev–Trinajstić information content (AvgIpc) is 3.36. The second-order valence-electron chi connectivity index (χ2n) is 9.94. The number of para-hydroxylation sites is 2. The topological polar surface area (TPSA) is 108 Å². The highest BCUT2D eigenvalue weighted by Gasteiger charge is 2.49. The van der Waals surface area contributed by atoms with E-state index in [-0.39, 0.29) is 24.2 Å². The maximum Gasteiger partial charge on any atom is 0.326 e. The van der Waals surface area contributed by atoms with Gasteiger partial charge in [0.25, 0.3) is 5.91 Å². The SMILES string of the molecule is CC1(c2ccc3ccccc3c2)NC(=O)N(CC(=O)N2CCC(n3c(=O)[nH]c4ccccc43)CC2)C1=O. The van der Waals surface area contributed by atoms with Crippen LogP contribution in [0.1, 0.15) is 31.4 Å². The predicted molar refractivity (Wildman–Crippen MR) is 139 cm³/mol. The number of carbonyl (C=O) groups excluding carboxylic acids is 3. The van der Waals surface area contributed by atoms with Gasteiger partial charge in [-0.2, -0.15) is 0 Å². The summed E-state index contributed by atoms with van der Waals surface area (Å²) in [5.74, 6) is -0.725. The number of carbonyl (C=O) groups is 3. The Hall–Kier alpha value is -4.40. The minimum Gasteiger partial charge on any atom is -0.341 e. The Kier molecular flexibility index (Phi) is 5.36. The van der Waals surface area contributed by atoms with Crippen LogP contribution in [0.5, 0.6) is 0 Å². The quantitative estimate of drug-likeness (QED) is 0.423. The van der Waals surface area contributed by atoms with E-state index in [0.717, 1.165) is 26.7 Å². The zero-order chi connectivity index (χ0) is 25.7. The van der Waals surface area contributed by atoms with Crippen LogP contribution in [0, 0.1) is 0 Å². The third-order valence-electron chi connectivity index (χ3n) is 7.70. The van der Waals surface area contributed by atoms with Crippen LogP contribution in [0.4, 0.5) is 4.79 Å². The normalized spacial score (nSPS) is 20.7. The van der Waals surface area contributed by atoms with Gasteiger partial charge in [-0.1, -0.05) is 48.5 Å². The molecule has 188 valence electrons. The van der Waals surface area contributed by atoms with Gasteiger partial charge in [0.15, 0.2) is 0 Å². The minimum atomic E-state index is -1.25. The number of amides is 4. The number of imide groups is 1. The molecule has 9 heteroatoms. The molecule has 37 heavy (non-hydrogen) atoms. The number of likely N-dealkylation sites (tertiary alicyclic amines) is 1. The van der Waals surface area contributed by atoms with Gasteiger partial charge < -0.3 is 15.2 Å². The highest BCUT2D eigenvalue weighted by Crippen LogP contribution is 2.31. The highest BCUT2D eigenvalue weighted by atomic mass is 16.2. The van der Waals surface area contributed by atoms with E-state index in [0.29, 0.717) is 31.5 Å². The van der Waals surface area contributed by atoms with Gasteiger partial charge in [-0.3, -0.25) is 19.1 Å². The van der Waals surface area contributed by atoms with Crippen LogP contribution >= 0.6 is 0 Å². The van der Waals surface area contributed by atoms with Crippen molar-refractivity contribution < 1.29 is 14.4 Å². The molecule has 6 rings (SSSR count). The predicted octanol–water partition coefficient (Wildman–Crippen LogP) is 3.11. The largest absolute Gasteiger partial charge is 0.341 e. The smallest absolute Gasteiger partial charge is 0.326 e. The van der Waals surface area contributed by atoms with Crippen molar-refractivity contribution in [3.63, 3.8) is 0 Å². The van der Waals surface area contributed by atoms with Crippen molar-refractivity contribution >= 4 is 39.7 Å². The lowest BCUT2D eigenvalue weighted by Gasteiger charge is -2.33. The number of hydrogen-bond acceptors (Lipinski definition) is 4. The van der Waals surface area contributed by atoms with E-state index >= 15 is 0 Å². The molecule has 0 bridgehead atoms. The van der Waals surface area contributed by atoms with Crippen molar-refractivity contribution in [3.8, 4) is 0 Å². The van der Waals surface area contributed by atoms with Crippen molar-refractivity contribution in [2.24, 2.45) is 0 Å². The average molecular weight is 498 g/mol. The first kappa shape index (κ1) is 23.0. The van der Waals surface area contributed by atoms with Crippen LogP contribution in [-0.4, -0.2) is 56.8 Å². The highest BCUT2D eigenvalue weighted by molar-refractivity contribution is 6.09. The lowest BCUT2D eigenvalue weighted by Crippen LogP contribution is -2.47. The minimum absolute atomic E-state index is 0.0272. The number of urea groups is 1. The number of hydrogen-bond donors (Lipinski definition) is 2. The molecule has 4 amide bonds. The lowest BCUT2D eigenvalue weighted by atomic mass is 9.90. The number of piperidine rings is 1. The number of benzene rings is 3. The van der Waals surface area contributed by atoms with Crippen LogP contribution in [0.2, 0.25) is 0 Å². The Morgan fingerprint density at radius 1 is 0.946 bits per heavy atom. The zero-order valence-electron chi connectivity index (χ0n) is 20.4. The van der Waals surface area contributed by atoms with E-state index in [9.17, 15) is 19.2 Å². The molecular formula is C28H27N5O4. The van der Waals surface area contributed by atoms with Crippen molar-refractivity contribution in [1.82, 2.24) is 24.7 Å². The Morgan fingerprint density at radius 3 is 2.43 bits per heavy atom. The summed E-state index contributed by atoms with van der Waals surface area (Å²) < 4.78 is 1.77. The van der Waals surface area contributed by atoms with E-state index < -0.39 is 17.5 Å². The Balaban J connectivity index is 1.14. The van der Waals surface area contributed by atoms with Crippen molar-refractivity contribution in [3.05, 3.63) is 82.8 Å². The molecule has 1 aromatic heterocycles. The second-order valence-corrected chi connectivity index (χ2v) is 9.94. The summed E-state index contributed by atoms with van der Waals surface area (Å²) in [6, 6.07) is 20.4. The van der Waals surface area contributed by atoms with Gasteiger partial charge in [0.05, 0.1) is 11.0 Å². The van der Waals surface area contributed by atoms with Gasteiger partial charge in [0.1, 0.15) is 12.1 Å². The second kappa shape index (κ2) is 8.62. The van der Waals surface area contributed by atoms with E-state index in [2.05, 4.69) is 10.3 Å². The van der Waals surface area contributed by atoms with Crippen LogP contribution < -0.4 is 11.0 Å². The molecule has 4 aromatic rings. The van der Waals surface area contributed by atoms with Crippen molar-refractivity contribution in [2.45, 2.75) is 31.3 Å². The third kappa shape index (κ3) is 3.78. The summed E-state index contributed by atoms with van der Waals surface area (Å²) in [4.78, 5) is 57.4. The number of rotatable bonds is 4. The monoisotopic (exact) mass is 497 g/mol. The van der Waals surface area contributed by atoms with Gasteiger partial charge in [-0.15, -0.1) is 0 Å². The molecule has 9 nitrogen and oxygen atoms in total. The number of nitrogens with one attached hydrogen (secondary N) is 2. The first-order valence-corrected chi connectivity index (χ1v) is 12.5. The zero-order valence-corrected chi connectivity index (χ0v) is 20.4. The number of imidazole rings is 1. The molecule has 1 atom stereocenters. The molecular weight excluding hydrogens is 470 g/mol. The van der Waals surface area contributed by atoms with Crippen molar-refractivity contribution in [1.29, 1.82) is 0 Å². The first-order chi connectivity index (χ1) is 17.8. The molecule has 1 unspecified atom stereocenters. The van der Waals surface area contributed by atoms with Gasteiger partial charge >= 0.3 is 11.7 Å². The maximum atomic E-state index is 13.4. The molecule has 0 radical (unpaired) electrons. The standard InChI is InChI=1S/C28H27N5O4/c1-28(20-11-10-18-6-2-3-7-19(18)16-20)25(35)32(27(37)30-28)17-24(34)31-14-12-21(13-15-31)33-23-9-5-4-8-22(23)29-26(33)36/h2-11,16,21H,12-15,17H2,1H3,(H,29,36)(H,30,37). The fourth-order valence-corrected chi connectivity index (χ4v) is 5.58. The van der Waals surface area contributed by atoms with E-state index in [1.165, 1.54) is 0 Å². The summed E-state index contributed by atoms with van der Waals surface area (Å²) in [7, 11) is 0. The van der Waals surface area contributed by atoms with Gasteiger partial charge in [-0.25, -0.2) is 9.59 Å². The summed E-state index contributed by atoms with van der Waals surface area (Å²) in [6.45, 7) is 2.25. The molecule has 3 heterocycles. The fraction of sp³-hybridized carbons (Fsp3) is 0.286. The first-order valence-electron chi connectivity index (χ1n) is 12.5. The Bertz CT molecular complexity index is 1610. The number of H-pyrrole nitrogens is 1. The van der Waals surface area contributed by atoms with E-state index in [4.69, 9.17) is 0 Å².